The highest BCUT2D eigenvalue weighted by Gasteiger charge is 2.17. The lowest BCUT2D eigenvalue weighted by Gasteiger charge is -2.11. The van der Waals surface area contributed by atoms with E-state index in [1.54, 1.807) is 30.5 Å². The molecule has 2 heterocycles. The topological polar surface area (TPSA) is 90.1 Å². The van der Waals surface area contributed by atoms with Crippen molar-refractivity contribution in [3.05, 3.63) is 78.1 Å². The van der Waals surface area contributed by atoms with Gasteiger partial charge in [-0.1, -0.05) is 29.4 Å². The third kappa shape index (κ3) is 3.84. The van der Waals surface area contributed by atoms with Crippen LogP contribution in [0.3, 0.4) is 0 Å². The van der Waals surface area contributed by atoms with Crippen LogP contribution in [0.1, 0.15) is 16.1 Å². The number of aryl methyl sites for hydroxylation is 1. The Labute approximate surface area is 167 Å². The number of anilines is 1. The van der Waals surface area contributed by atoms with Crippen LogP contribution < -0.4 is 10.1 Å². The Balaban J connectivity index is 1.64. The van der Waals surface area contributed by atoms with Crippen LogP contribution in [0.4, 0.5) is 5.69 Å². The second-order valence-electron chi connectivity index (χ2n) is 6.31. The highest BCUT2D eigenvalue weighted by Crippen LogP contribution is 2.29. The van der Waals surface area contributed by atoms with Crippen LogP contribution in [0.5, 0.6) is 5.75 Å². The molecule has 4 aromatic rings. The molecule has 4 rings (SSSR count). The molecule has 1 N–H and O–H groups in total. The van der Waals surface area contributed by atoms with Crippen molar-refractivity contribution in [2.24, 2.45) is 0 Å². The zero-order valence-electron chi connectivity index (χ0n) is 15.9. The minimum absolute atomic E-state index is 0.294. The molecule has 1 amide bonds. The molecular formula is C22H18N4O3. The normalized spacial score (nSPS) is 10.6. The molecule has 0 saturated heterocycles. The quantitative estimate of drug-likeness (QED) is 0.548. The maximum absolute atomic E-state index is 12.8. The molecule has 0 aliphatic carbocycles. The van der Waals surface area contributed by atoms with Crippen molar-refractivity contribution < 1.29 is 14.1 Å². The fourth-order valence-electron chi connectivity index (χ4n) is 2.85. The van der Waals surface area contributed by atoms with E-state index in [9.17, 15) is 4.79 Å². The van der Waals surface area contributed by atoms with Crippen molar-refractivity contribution >= 4 is 11.6 Å². The number of para-hydroxylation sites is 2. The van der Waals surface area contributed by atoms with E-state index in [4.69, 9.17) is 9.26 Å². The second-order valence-corrected chi connectivity index (χ2v) is 6.31. The lowest BCUT2D eigenvalue weighted by Crippen LogP contribution is -2.13. The fourth-order valence-corrected chi connectivity index (χ4v) is 2.85. The summed E-state index contributed by atoms with van der Waals surface area (Å²) >= 11 is 0. The molecule has 0 fully saturated rings. The summed E-state index contributed by atoms with van der Waals surface area (Å²) in [6.07, 6.45) is 1.69. The fraction of sp³-hybridized carbons (Fsp3) is 0.0909. The first-order valence-electron chi connectivity index (χ1n) is 8.96. The third-order valence-electron chi connectivity index (χ3n) is 4.35. The molecule has 2 aromatic carbocycles. The Morgan fingerprint density at radius 3 is 2.62 bits per heavy atom. The van der Waals surface area contributed by atoms with E-state index >= 15 is 0 Å². The number of methoxy groups -OCH3 is 1. The lowest BCUT2D eigenvalue weighted by atomic mass is 10.1. The number of amides is 1. The van der Waals surface area contributed by atoms with Gasteiger partial charge in [0.05, 0.1) is 23.9 Å². The average molecular weight is 386 g/mol. The molecule has 0 spiro atoms. The highest BCUT2D eigenvalue weighted by atomic mass is 16.5. The SMILES string of the molecule is COc1ccccc1C(=O)Nc1ccccc1-c1nc(-c2ccc(C)nc2)no1. The van der Waals surface area contributed by atoms with E-state index in [2.05, 4.69) is 20.4 Å². The van der Waals surface area contributed by atoms with E-state index in [1.165, 1.54) is 7.11 Å². The van der Waals surface area contributed by atoms with Gasteiger partial charge in [0, 0.05) is 17.5 Å². The van der Waals surface area contributed by atoms with E-state index in [-0.39, 0.29) is 5.91 Å². The first kappa shape index (κ1) is 18.4. The van der Waals surface area contributed by atoms with Crippen LogP contribution in [0.15, 0.2) is 71.4 Å². The molecule has 0 atom stereocenters. The molecule has 0 saturated carbocycles. The second kappa shape index (κ2) is 7.93. The van der Waals surface area contributed by atoms with Gasteiger partial charge in [0.2, 0.25) is 5.82 Å². The van der Waals surface area contributed by atoms with Gasteiger partial charge in [0.1, 0.15) is 5.75 Å². The number of ether oxygens (including phenoxy) is 1. The van der Waals surface area contributed by atoms with Gasteiger partial charge < -0.3 is 14.6 Å². The lowest BCUT2D eigenvalue weighted by molar-refractivity contribution is 0.102. The summed E-state index contributed by atoms with van der Waals surface area (Å²) in [4.78, 5) is 21.5. The molecule has 7 heteroatoms. The van der Waals surface area contributed by atoms with Gasteiger partial charge in [-0.05, 0) is 43.3 Å². The Morgan fingerprint density at radius 2 is 1.83 bits per heavy atom. The number of carbonyl (C=O) groups is 1. The average Bonchev–Trinajstić information content (AvgIpc) is 3.24. The smallest absolute Gasteiger partial charge is 0.260 e. The van der Waals surface area contributed by atoms with Crippen molar-refractivity contribution in [2.45, 2.75) is 6.92 Å². The van der Waals surface area contributed by atoms with Crippen molar-refractivity contribution in [3.63, 3.8) is 0 Å². The van der Waals surface area contributed by atoms with Crippen molar-refractivity contribution in [1.82, 2.24) is 15.1 Å². The Morgan fingerprint density at radius 1 is 1.03 bits per heavy atom. The van der Waals surface area contributed by atoms with Crippen LogP contribution in [0.2, 0.25) is 0 Å². The monoisotopic (exact) mass is 386 g/mol. The first-order chi connectivity index (χ1) is 14.2. The van der Waals surface area contributed by atoms with Crippen molar-refractivity contribution in [2.75, 3.05) is 12.4 Å². The Kier molecular flexibility index (Phi) is 5.03. The summed E-state index contributed by atoms with van der Waals surface area (Å²) in [5.41, 5.74) is 3.26. The summed E-state index contributed by atoms with van der Waals surface area (Å²) in [6.45, 7) is 1.91. The number of carbonyl (C=O) groups excluding carboxylic acids is 1. The van der Waals surface area contributed by atoms with E-state index in [1.807, 2.05) is 43.3 Å². The molecule has 7 nitrogen and oxygen atoms in total. The van der Waals surface area contributed by atoms with Crippen LogP contribution in [-0.4, -0.2) is 28.1 Å². The zero-order valence-corrected chi connectivity index (χ0v) is 15.9. The van der Waals surface area contributed by atoms with Gasteiger partial charge in [-0.25, -0.2) is 0 Å². The third-order valence-corrected chi connectivity index (χ3v) is 4.35. The Hall–Kier alpha value is -4.00. The van der Waals surface area contributed by atoms with Gasteiger partial charge in [-0.3, -0.25) is 9.78 Å². The minimum atomic E-state index is -0.294. The summed E-state index contributed by atoms with van der Waals surface area (Å²) in [5.74, 6) is 0.932. The number of hydrogen-bond acceptors (Lipinski definition) is 6. The van der Waals surface area contributed by atoms with Crippen LogP contribution >= 0.6 is 0 Å². The number of nitrogens with zero attached hydrogens (tertiary/aromatic N) is 3. The van der Waals surface area contributed by atoms with Crippen LogP contribution in [0.25, 0.3) is 22.8 Å². The predicted octanol–water partition coefficient (Wildman–Crippen LogP) is 4.37. The van der Waals surface area contributed by atoms with Crippen LogP contribution in [0, 0.1) is 6.92 Å². The van der Waals surface area contributed by atoms with Crippen molar-refractivity contribution in [3.8, 4) is 28.6 Å². The zero-order chi connectivity index (χ0) is 20.2. The van der Waals surface area contributed by atoms with Gasteiger partial charge >= 0.3 is 0 Å². The van der Waals surface area contributed by atoms with Crippen LogP contribution in [-0.2, 0) is 0 Å². The van der Waals surface area contributed by atoms with E-state index in [0.29, 0.717) is 34.3 Å². The summed E-state index contributed by atoms with van der Waals surface area (Å²) < 4.78 is 10.7. The van der Waals surface area contributed by atoms with Gasteiger partial charge in [0.15, 0.2) is 0 Å². The summed E-state index contributed by atoms with van der Waals surface area (Å²) in [6, 6.07) is 18.0. The highest BCUT2D eigenvalue weighted by molar-refractivity contribution is 6.07. The first-order valence-corrected chi connectivity index (χ1v) is 8.96. The molecule has 0 aliphatic rings. The van der Waals surface area contributed by atoms with Gasteiger partial charge in [-0.15, -0.1) is 0 Å². The molecule has 0 aliphatic heterocycles. The number of pyridine rings is 1. The molecule has 2 aromatic heterocycles. The summed E-state index contributed by atoms with van der Waals surface area (Å²) in [5, 5.41) is 6.94. The molecule has 29 heavy (non-hydrogen) atoms. The molecular weight excluding hydrogens is 368 g/mol. The Bertz CT molecular complexity index is 1150. The molecule has 144 valence electrons. The predicted molar refractivity (Wildman–Crippen MR) is 109 cm³/mol. The van der Waals surface area contributed by atoms with E-state index < -0.39 is 0 Å². The number of aromatic nitrogens is 3. The molecule has 0 radical (unpaired) electrons. The maximum Gasteiger partial charge on any atom is 0.260 e. The number of nitrogens with one attached hydrogen (secondary N) is 1. The van der Waals surface area contributed by atoms with Gasteiger partial charge in [-0.2, -0.15) is 4.98 Å². The standard InChI is InChI=1S/C22H18N4O3/c1-14-11-12-15(13-23-14)20-25-22(29-26-20)16-7-3-5-9-18(16)24-21(27)17-8-4-6-10-19(17)28-2/h3-13H,1-2H3,(H,24,27). The molecule has 0 bridgehead atoms. The van der Waals surface area contributed by atoms with E-state index in [0.717, 1.165) is 11.3 Å². The molecule has 0 unspecified atom stereocenters. The maximum atomic E-state index is 12.8. The minimum Gasteiger partial charge on any atom is -0.496 e. The largest absolute Gasteiger partial charge is 0.496 e. The van der Waals surface area contributed by atoms with Gasteiger partial charge in [0.25, 0.3) is 11.8 Å². The number of hydrogen-bond donors (Lipinski definition) is 1. The number of benzene rings is 2. The number of rotatable bonds is 5. The van der Waals surface area contributed by atoms with Crippen molar-refractivity contribution in [1.29, 1.82) is 0 Å². The summed E-state index contributed by atoms with van der Waals surface area (Å²) in [7, 11) is 1.53.